The van der Waals surface area contributed by atoms with Crippen LogP contribution in [0.3, 0.4) is 0 Å². The van der Waals surface area contributed by atoms with Crippen LogP contribution in [-0.2, 0) is 0 Å². The molecule has 0 aliphatic heterocycles. The van der Waals surface area contributed by atoms with Gasteiger partial charge in [-0.05, 0) is 43.2 Å². The quantitative estimate of drug-likeness (QED) is 0.647. The van der Waals surface area contributed by atoms with Crippen molar-refractivity contribution in [3.8, 4) is 11.4 Å². The molecule has 0 spiro atoms. The van der Waals surface area contributed by atoms with Gasteiger partial charge in [0.1, 0.15) is 11.6 Å². The number of rotatable bonds is 5. The van der Waals surface area contributed by atoms with Crippen LogP contribution in [0, 0.1) is 5.82 Å². The first kappa shape index (κ1) is 16.0. The summed E-state index contributed by atoms with van der Waals surface area (Å²) in [5.74, 6) is 0.676. The minimum Gasteiger partial charge on any atom is -0.351 e. The Labute approximate surface area is 152 Å². The topological polar surface area (TPSA) is 62.7 Å². The molecule has 5 nitrogen and oxygen atoms in total. The van der Waals surface area contributed by atoms with Gasteiger partial charge in [-0.1, -0.05) is 22.0 Å². The highest BCUT2D eigenvalue weighted by Gasteiger charge is 2.22. The third-order valence-electron chi connectivity index (χ3n) is 3.76. The minimum absolute atomic E-state index is 0.353. The van der Waals surface area contributed by atoms with E-state index in [-0.39, 0.29) is 5.82 Å². The second-order valence-electron chi connectivity index (χ2n) is 5.84. The second kappa shape index (κ2) is 6.76. The molecule has 126 valence electrons. The summed E-state index contributed by atoms with van der Waals surface area (Å²) in [5, 5.41) is 6.31. The van der Waals surface area contributed by atoms with Crippen LogP contribution in [-0.4, -0.2) is 21.0 Å². The Morgan fingerprint density at radius 1 is 1.04 bits per heavy atom. The predicted octanol–water partition coefficient (Wildman–Crippen LogP) is 4.76. The molecule has 1 aliphatic carbocycles. The molecule has 0 atom stereocenters. The van der Waals surface area contributed by atoms with E-state index in [1.807, 2.05) is 18.2 Å². The second-order valence-corrected chi connectivity index (χ2v) is 6.76. The average Bonchev–Trinajstić information content (AvgIpc) is 3.42. The van der Waals surface area contributed by atoms with Crippen LogP contribution < -0.4 is 10.6 Å². The molecule has 0 bridgehead atoms. The van der Waals surface area contributed by atoms with Gasteiger partial charge in [-0.2, -0.15) is 4.98 Å². The number of nitrogens with one attached hydrogen (secondary N) is 2. The molecule has 0 radical (unpaired) electrons. The van der Waals surface area contributed by atoms with Gasteiger partial charge in [-0.25, -0.2) is 9.37 Å². The van der Waals surface area contributed by atoms with E-state index in [2.05, 4.69) is 41.5 Å². The summed E-state index contributed by atoms with van der Waals surface area (Å²) in [6.07, 6.45) is 3.94. The number of nitrogens with zero attached hydrogens (tertiary/aromatic N) is 3. The van der Waals surface area contributed by atoms with Crippen molar-refractivity contribution in [3.05, 3.63) is 59.0 Å². The predicted molar refractivity (Wildman–Crippen MR) is 99.3 cm³/mol. The van der Waals surface area contributed by atoms with Gasteiger partial charge in [0.2, 0.25) is 5.95 Å². The fourth-order valence-corrected chi connectivity index (χ4v) is 2.69. The maximum Gasteiger partial charge on any atom is 0.225 e. The molecule has 25 heavy (non-hydrogen) atoms. The molecule has 0 amide bonds. The SMILES string of the molecule is Fc1cc(Br)ccc1Nc1cc(-c2ccccn2)nc(NC2CC2)n1. The zero-order valence-corrected chi connectivity index (χ0v) is 14.8. The van der Waals surface area contributed by atoms with Crippen LogP contribution in [0.25, 0.3) is 11.4 Å². The van der Waals surface area contributed by atoms with Crippen LogP contribution in [0.5, 0.6) is 0 Å². The Bertz CT molecular complexity index is 899. The van der Waals surface area contributed by atoms with E-state index in [1.54, 1.807) is 24.4 Å². The first-order valence-electron chi connectivity index (χ1n) is 7.96. The number of halogens is 2. The highest BCUT2D eigenvalue weighted by molar-refractivity contribution is 9.10. The Morgan fingerprint density at radius 3 is 2.64 bits per heavy atom. The molecule has 1 saturated carbocycles. The normalized spacial score (nSPS) is 13.5. The summed E-state index contributed by atoms with van der Waals surface area (Å²) >= 11 is 3.26. The number of anilines is 3. The molecule has 0 unspecified atom stereocenters. The van der Waals surface area contributed by atoms with Crippen molar-refractivity contribution in [2.24, 2.45) is 0 Å². The number of pyridine rings is 1. The number of hydrogen-bond donors (Lipinski definition) is 2. The largest absolute Gasteiger partial charge is 0.351 e. The van der Waals surface area contributed by atoms with E-state index in [1.165, 1.54) is 6.07 Å². The van der Waals surface area contributed by atoms with Gasteiger partial charge in [0.15, 0.2) is 0 Å². The zero-order chi connectivity index (χ0) is 17.2. The third kappa shape index (κ3) is 3.93. The highest BCUT2D eigenvalue weighted by Crippen LogP contribution is 2.28. The molecule has 2 N–H and O–H groups in total. The lowest BCUT2D eigenvalue weighted by Crippen LogP contribution is -2.08. The Morgan fingerprint density at radius 2 is 1.92 bits per heavy atom. The van der Waals surface area contributed by atoms with Crippen molar-refractivity contribution >= 4 is 33.4 Å². The van der Waals surface area contributed by atoms with Gasteiger partial charge in [-0.3, -0.25) is 4.98 Å². The van der Waals surface area contributed by atoms with E-state index < -0.39 is 0 Å². The van der Waals surface area contributed by atoms with Gasteiger partial charge in [0.25, 0.3) is 0 Å². The van der Waals surface area contributed by atoms with Crippen LogP contribution in [0.1, 0.15) is 12.8 Å². The zero-order valence-electron chi connectivity index (χ0n) is 13.2. The lowest BCUT2D eigenvalue weighted by Gasteiger charge is -2.11. The summed E-state index contributed by atoms with van der Waals surface area (Å²) in [6, 6.07) is 12.7. The van der Waals surface area contributed by atoms with Crippen molar-refractivity contribution in [1.82, 2.24) is 15.0 Å². The maximum absolute atomic E-state index is 14.1. The molecule has 0 saturated heterocycles. The van der Waals surface area contributed by atoms with Gasteiger partial charge >= 0.3 is 0 Å². The maximum atomic E-state index is 14.1. The molecule has 1 aromatic carbocycles. The standard InChI is InChI=1S/C18H15BrFN5/c19-11-4-7-14(13(20)9-11)23-17-10-16(15-3-1-2-8-21-15)24-18(25-17)22-12-5-6-12/h1-4,7-10,12H,5-6H2,(H2,22,23,24,25). The summed E-state index contributed by atoms with van der Waals surface area (Å²) < 4.78 is 14.8. The van der Waals surface area contributed by atoms with Gasteiger partial charge in [-0.15, -0.1) is 0 Å². The van der Waals surface area contributed by atoms with Gasteiger partial charge in [0.05, 0.1) is 17.1 Å². The Hall–Kier alpha value is -2.54. The molecule has 2 heterocycles. The first-order chi connectivity index (χ1) is 12.2. The Balaban J connectivity index is 1.70. The number of aromatic nitrogens is 3. The summed E-state index contributed by atoms with van der Waals surface area (Å²) in [6.45, 7) is 0. The van der Waals surface area contributed by atoms with E-state index >= 15 is 0 Å². The fourth-order valence-electron chi connectivity index (χ4n) is 2.36. The first-order valence-corrected chi connectivity index (χ1v) is 8.76. The van der Waals surface area contributed by atoms with Gasteiger partial charge < -0.3 is 10.6 Å². The monoisotopic (exact) mass is 399 g/mol. The summed E-state index contributed by atoms with van der Waals surface area (Å²) in [5.41, 5.74) is 1.77. The van der Waals surface area contributed by atoms with E-state index in [0.29, 0.717) is 33.7 Å². The molecule has 1 aliphatic rings. The van der Waals surface area contributed by atoms with Crippen molar-refractivity contribution in [2.45, 2.75) is 18.9 Å². The van der Waals surface area contributed by atoms with Crippen molar-refractivity contribution < 1.29 is 4.39 Å². The number of benzene rings is 1. The van der Waals surface area contributed by atoms with E-state index in [0.717, 1.165) is 18.5 Å². The van der Waals surface area contributed by atoms with Crippen LogP contribution in [0.15, 0.2) is 53.1 Å². The molecular formula is C18H15BrFN5. The molecule has 2 aromatic heterocycles. The minimum atomic E-state index is -0.357. The highest BCUT2D eigenvalue weighted by atomic mass is 79.9. The van der Waals surface area contributed by atoms with E-state index in [9.17, 15) is 4.39 Å². The molecule has 1 fully saturated rings. The van der Waals surface area contributed by atoms with Crippen molar-refractivity contribution in [2.75, 3.05) is 10.6 Å². The van der Waals surface area contributed by atoms with Crippen molar-refractivity contribution in [1.29, 1.82) is 0 Å². The molecule has 7 heteroatoms. The lowest BCUT2D eigenvalue weighted by molar-refractivity contribution is 0.631. The van der Waals surface area contributed by atoms with Crippen LogP contribution in [0.2, 0.25) is 0 Å². The summed E-state index contributed by atoms with van der Waals surface area (Å²) in [4.78, 5) is 13.3. The Kier molecular flexibility index (Phi) is 4.31. The van der Waals surface area contributed by atoms with Crippen molar-refractivity contribution in [3.63, 3.8) is 0 Å². The fraction of sp³-hybridized carbons (Fsp3) is 0.167. The molecular weight excluding hydrogens is 385 g/mol. The third-order valence-corrected chi connectivity index (χ3v) is 4.25. The summed E-state index contributed by atoms with van der Waals surface area (Å²) in [7, 11) is 0. The van der Waals surface area contributed by atoms with E-state index in [4.69, 9.17) is 0 Å². The average molecular weight is 400 g/mol. The number of hydrogen-bond acceptors (Lipinski definition) is 5. The molecule has 3 aromatic rings. The van der Waals surface area contributed by atoms with Crippen LogP contribution in [0.4, 0.5) is 21.8 Å². The van der Waals surface area contributed by atoms with Crippen LogP contribution >= 0.6 is 15.9 Å². The lowest BCUT2D eigenvalue weighted by atomic mass is 10.2. The van der Waals surface area contributed by atoms with Gasteiger partial charge in [0, 0.05) is 22.8 Å². The smallest absolute Gasteiger partial charge is 0.225 e. The molecule has 4 rings (SSSR count).